The molecule has 0 aliphatic rings. The number of benzene rings is 1. The zero-order valence-corrected chi connectivity index (χ0v) is 12.8. The molecular formula is C16H25FO3. The summed E-state index contributed by atoms with van der Waals surface area (Å²) in [7, 11) is 1.56. The van der Waals surface area contributed by atoms with Crippen molar-refractivity contribution >= 4 is 0 Å². The van der Waals surface area contributed by atoms with Gasteiger partial charge in [0.2, 0.25) is 0 Å². The molecule has 0 amide bonds. The van der Waals surface area contributed by atoms with Gasteiger partial charge in [-0.2, -0.15) is 0 Å². The number of aliphatic hydroxyl groups excluding tert-OH is 1. The lowest BCUT2D eigenvalue weighted by Gasteiger charge is -2.20. The van der Waals surface area contributed by atoms with Gasteiger partial charge in [0.25, 0.3) is 0 Å². The minimum Gasteiger partial charge on any atom is -0.488 e. The highest BCUT2D eigenvalue weighted by Crippen LogP contribution is 2.29. The molecule has 1 N–H and O–H groups in total. The fourth-order valence-electron chi connectivity index (χ4n) is 1.81. The van der Waals surface area contributed by atoms with Crippen molar-refractivity contribution in [2.24, 2.45) is 5.41 Å². The third-order valence-electron chi connectivity index (χ3n) is 3.05. The van der Waals surface area contributed by atoms with Crippen molar-refractivity contribution in [3.8, 4) is 5.75 Å². The van der Waals surface area contributed by atoms with Crippen molar-refractivity contribution < 1.29 is 19.0 Å². The maximum Gasteiger partial charge on any atom is 0.165 e. The highest BCUT2D eigenvalue weighted by Gasteiger charge is 2.16. The van der Waals surface area contributed by atoms with Crippen LogP contribution in [0.15, 0.2) is 18.2 Å². The third-order valence-corrected chi connectivity index (χ3v) is 3.05. The second kappa shape index (κ2) is 7.60. The maximum absolute atomic E-state index is 13.8. The predicted molar refractivity (Wildman–Crippen MR) is 77.4 cm³/mol. The van der Waals surface area contributed by atoms with Crippen molar-refractivity contribution in [3.05, 3.63) is 29.6 Å². The van der Waals surface area contributed by atoms with E-state index in [4.69, 9.17) is 9.47 Å². The third kappa shape index (κ3) is 5.88. The summed E-state index contributed by atoms with van der Waals surface area (Å²) in [5.41, 5.74) is 0.744. The van der Waals surface area contributed by atoms with E-state index in [1.54, 1.807) is 19.2 Å². The second-order valence-electron chi connectivity index (χ2n) is 6.15. The SMILES string of the molecule is COCCOc1ccc(C(O)CCC(C)(C)C)cc1F. The van der Waals surface area contributed by atoms with Crippen LogP contribution in [0.1, 0.15) is 45.3 Å². The number of aliphatic hydroxyl groups is 1. The molecule has 0 saturated carbocycles. The molecule has 0 radical (unpaired) electrons. The van der Waals surface area contributed by atoms with Crippen LogP contribution >= 0.6 is 0 Å². The smallest absolute Gasteiger partial charge is 0.165 e. The van der Waals surface area contributed by atoms with Gasteiger partial charge < -0.3 is 14.6 Å². The Labute approximate surface area is 120 Å². The summed E-state index contributed by atoms with van der Waals surface area (Å²) in [5, 5.41) is 10.1. The molecule has 114 valence electrons. The lowest BCUT2D eigenvalue weighted by molar-refractivity contribution is 0.141. The second-order valence-corrected chi connectivity index (χ2v) is 6.15. The van der Waals surface area contributed by atoms with Crippen LogP contribution in [0.3, 0.4) is 0 Å². The van der Waals surface area contributed by atoms with Gasteiger partial charge in [-0.3, -0.25) is 0 Å². The summed E-state index contributed by atoms with van der Waals surface area (Å²) in [6.45, 7) is 7.07. The molecule has 0 saturated heterocycles. The minimum atomic E-state index is -0.642. The largest absolute Gasteiger partial charge is 0.488 e. The number of rotatable bonds is 7. The monoisotopic (exact) mass is 284 g/mol. The zero-order chi connectivity index (χ0) is 15.2. The summed E-state index contributed by atoms with van der Waals surface area (Å²) < 4.78 is 23.9. The number of hydrogen-bond donors (Lipinski definition) is 1. The van der Waals surface area contributed by atoms with Crippen molar-refractivity contribution in [1.82, 2.24) is 0 Å². The van der Waals surface area contributed by atoms with Crippen molar-refractivity contribution in [1.29, 1.82) is 0 Å². The average molecular weight is 284 g/mol. The molecule has 0 heterocycles. The highest BCUT2D eigenvalue weighted by atomic mass is 19.1. The van der Waals surface area contributed by atoms with E-state index in [1.807, 2.05) is 0 Å². The first-order valence-corrected chi connectivity index (χ1v) is 6.93. The van der Waals surface area contributed by atoms with Crippen LogP contribution in [0, 0.1) is 11.2 Å². The number of methoxy groups -OCH3 is 1. The van der Waals surface area contributed by atoms with Crippen LogP contribution in [0.25, 0.3) is 0 Å². The van der Waals surface area contributed by atoms with E-state index in [2.05, 4.69) is 20.8 Å². The Morgan fingerprint density at radius 3 is 2.50 bits per heavy atom. The van der Waals surface area contributed by atoms with Crippen LogP contribution < -0.4 is 4.74 Å². The minimum absolute atomic E-state index is 0.155. The van der Waals surface area contributed by atoms with E-state index in [-0.39, 0.29) is 11.2 Å². The molecule has 1 atom stereocenters. The van der Waals surface area contributed by atoms with Crippen molar-refractivity contribution in [2.75, 3.05) is 20.3 Å². The molecule has 0 aliphatic heterocycles. The number of ether oxygens (including phenoxy) is 2. The van der Waals surface area contributed by atoms with Gasteiger partial charge in [-0.1, -0.05) is 26.8 Å². The first-order chi connectivity index (χ1) is 9.33. The van der Waals surface area contributed by atoms with E-state index in [1.165, 1.54) is 6.07 Å². The van der Waals surface area contributed by atoms with E-state index in [0.717, 1.165) is 6.42 Å². The molecule has 0 aromatic heterocycles. The molecular weight excluding hydrogens is 259 g/mol. The zero-order valence-electron chi connectivity index (χ0n) is 12.8. The standard InChI is InChI=1S/C16H25FO3/c1-16(2,3)8-7-14(18)12-5-6-15(13(17)11-12)20-10-9-19-4/h5-6,11,14,18H,7-10H2,1-4H3. The first-order valence-electron chi connectivity index (χ1n) is 6.93. The lowest BCUT2D eigenvalue weighted by Crippen LogP contribution is -2.09. The molecule has 1 aromatic rings. The van der Waals surface area contributed by atoms with E-state index in [9.17, 15) is 9.50 Å². The summed E-state index contributed by atoms with van der Waals surface area (Å²) in [6, 6.07) is 4.61. The molecule has 0 fully saturated rings. The van der Waals surface area contributed by atoms with Crippen LogP contribution in [0.4, 0.5) is 4.39 Å². The summed E-state index contributed by atoms with van der Waals surface area (Å²) in [4.78, 5) is 0. The van der Waals surface area contributed by atoms with Crippen LogP contribution in [0.2, 0.25) is 0 Å². The van der Waals surface area contributed by atoms with Crippen molar-refractivity contribution in [2.45, 2.75) is 39.7 Å². The molecule has 0 bridgehead atoms. The van der Waals surface area contributed by atoms with Crippen LogP contribution in [0.5, 0.6) is 5.75 Å². The van der Waals surface area contributed by atoms with Gasteiger partial charge in [-0.25, -0.2) is 4.39 Å². The Hall–Kier alpha value is -1.13. The number of hydrogen-bond acceptors (Lipinski definition) is 3. The molecule has 1 aromatic carbocycles. The molecule has 1 rings (SSSR count). The molecule has 20 heavy (non-hydrogen) atoms. The highest BCUT2D eigenvalue weighted by molar-refractivity contribution is 5.30. The van der Waals surface area contributed by atoms with Gasteiger partial charge in [0.15, 0.2) is 11.6 Å². The van der Waals surface area contributed by atoms with Gasteiger partial charge in [0.05, 0.1) is 12.7 Å². The van der Waals surface area contributed by atoms with Gasteiger partial charge in [-0.15, -0.1) is 0 Å². The van der Waals surface area contributed by atoms with Crippen molar-refractivity contribution in [3.63, 3.8) is 0 Å². The summed E-state index contributed by atoms with van der Waals surface area (Å²) >= 11 is 0. The summed E-state index contributed by atoms with van der Waals surface area (Å²) in [5.74, 6) is -0.262. The number of halogens is 1. The molecule has 4 heteroatoms. The maximum atomic E-state index is 13.8. The van der Waals surface area contributed by atoms with E-state index < -0.39 is 11.9 Å². The first kappa shape index (κ1) is 16.9. The normalized spacial score (nSPS) is 13.3. The molecule has 3 nitrogen and oxygen atoms in total. The van der Waals surface area contributed by atoms with E-state index in [0.29, 0.717) is 25.2 Å². The molecule has 1 unspecified atom stereocenters. The summed E-state index contributed by atoms with van der Waals surface area (Å²) in [6.07, 6.45) is 0.853. The molecule has 0 aliphatic carbocycles. The Bertz CT molecular complexity index is 413. The van der Waals surface area contributed by atoms with Crippen LogP contribution in [-0.4, -0.2) is 25.4 Å². The quantitative estimate of drug-likeness (QED) is 0.776. The van der Waals surface area contributed by atoms with Gasteiger partial charge in [-0.05, 0) is 36.0 Å². The average Bonchev–Trinajstić information content (AvgIpc) is 2.37. The van der Waals surface area contributed by atoms with Gasteiger partial charge in [0, 0.05) is 7.11 Å². The lowest BCUT2D eigenvalue weighted by atomic mass is 9.88. The fourth-order valence-corrected chi connectivity index (χ4v) is 1.81. The van der Waals surface area contributed by atoms with Crippen LogP contribution in [-0.2, 0) is 4.74 Å². The molecule has 0 spiro atoms. The topological polar surface area (TPSA) is 38.7 Å². The van der Waals surface area contributed by atoms with E-state index >= 15 is 0 Å². The Morgan fingerprint density at radius 2 is 1.95 bits per heavy atom. The predicted octanol–water partition coefficient (Wildman–Crippen LogP) is 3.71. The van der Waals surface area contributed by atoms with Gasteiger partial charge in [0.1, 0.15) is 6.61 Å². The Kier molecular flexibility index (Phi) is 6.43. The Balaban J connectivity index is 2.61. The Morgan fingerprint density at radius 1 is 1.25 bits per heavy atom. The van der Waals surface area contributed by atoms with Gasteiger partial charge >= 0.3 is 0 Å². The fraction of sp³-hybridized carbons (Fsp3) is 0.625.